The van der Waals surface area contributed by atoms with Crippen molar-refractivity contribution in [2.75, 3.05) is 0 Å². The summed E-state index contributed by atoms with van der Waals surface area (Å²) >= 11 is 0. The Labute approximate surface area is 107 Å². The molecule has 0 unspecified atom stereocenters. The van der Waals surface area contributed by atoms with E-state index in [0.29, 0.717) is 24.4 Å². The van der Waals surface area contributed by atoms with Crippen LogP contribution in [0.15, 0.2) is 4.52 Å². The monoisotopic (exact) mass is 251 g/mol. The van der Waals surface area contributed by atoms with Crippen molar-refractivity contribution >= 4 is 0 Å². The van der Waals surface area contributed by atoms with Gasteiger partial charge in [-0.15, -0.1) is 0 Å². The van der Waals surface area contributed by atoms with E-state index in [-0.39, 0.29) is 5.54 Å². The highest BCUT2D eigenvalue weighted by Crippen LogP contribution is 2.34. The normalized spacial score (nSPS) is 23.8. The number of nitrogens with two attached hydrogens (primary N) is 1. The SMILES string of the molecule is NC1(c2noc(COC3CCCC3)n2)CCCC1. The molecule has 1 heterocycles. The third-order valence-corrected chi connectivity index (χ3v) is 4.15. The molecule has 2 N–H and O–H groups in total. The third kappa shape index (κ3) is 2.42. The van der Waals surface area contributed by atoms with Crippen LogP contribution in [0.3, 0.4) is 0 Å². The van der Waals surface area contributed by atoms with Crippen LogP contribution in [0.5, 0.6) is 0 Å². The van der Waals surface area contributed by atoms with Gasteiger partial charge >= 0.3 is 0 Å². The van der Waals surface area contributed by atoms with Crippen LogP contribution in [0.25, 0.3) is 0 Å². The van der Waals surface area contributed by atoms with Gasteiger partial charge in [0, 0.05) is 0 Å². The van der Waals surface area contributed by atoms with Crippen molar-refractivity contribution < 1.29 is 9.26 Å². The average Bonchev–Trinajstić information content (AvgIpc) is 3.08. The number of rotatable bonds is 4. The van der Waals surface area contributed by atoms with E-state index in [1.807, 2.05) is 0 Å². The molecular formula is C13H21N3O2. The fourth-order valence-electron chi connectivity index (χ4n) is 2.99. The summed E-state index contributed by atoms with van der Waals surface area (Å²) in [7, 11) is 0. The highest BCUT2D eigenvalue weighted by molar-refractivity contribution is 5.06. The molecule has 0 bridgehead atoms. The molecule has 0 aromatic carbocycles. The van der Waals surface area contributed by atoms with E-state index in [1.54, 1.807) is 0 Å². The summed E-state index contributed by atoms with van der Waals surface area (Å²) in [6, 6.07) is 0. The summed E-state index contributed by atoms with van der Waals surface area (Å²) < 4.78 is 11.0. The summed E-state index contributed by atoms with van der Waals surface area (Å²) in [4.78, 5) is 4.40. The second kappa shape index (κ2) is 4.97. The van der Waals surface area contributed by atoms with Crippen LogP contribution in [-0.2, 0) is 16.9 Å². The molecule has 2 saturated carbocycles. The van der Waals surface area contributed by atoms with Gasteiger partial charge < -0.3 is 15.0 Å². The van der Waals surface area contributed by atoms with Gasteiger partial charge in [0.05, 0.1) is 11.6 Å². The van der Waals surface area contributed by atoms with Gasteiger partial charge in [-0.1, -0.05) is 30.8 Å². The van der Waals surface area contributed by atoms with Crippen LogP contribution in [0, 0.1) is 0 Å². The third-order valence-electron chi connectivity index (χ3n) is 4.15. The Morgan fingerprint density at radius 3 is 2.67 bits per heavy atom. The fourth-order valence-corrected chi connectivity index (χ4v) is 2.99. The predicted molar refractivity (Wildman–Crippen MR) is 65.7 cm³/mol. The second-order valence-corrected chi connectivity index (χ2v) is 5.59. The van der Waals surface area contributed by atoms with Crippen LogP contribution in [0.2, 0.25) is 0 Å². The van der Waals surface area contributed by atoms with Gasteiger partial charge in [0.15, 0.2) is 5.82 Å². The van der Waals surface area contributed by atoms with Crippen LogP contribution < -0.4 is 5.73 Å². The van der Waals surface area contributed by atoms with Crippen molar-refractivity contribution in [1.82, 2.24) is 10.1 Å². The Balaban J connectivity index is 1.59. The highest BCUT2D eigenvalue weighted by Gasteiger charge is 2.36. The predicted octanol–water partition coefficient (Wildman–Crippen LogP) is 2.26. The Hall–Kier alpha value is -0.940. The molecule has 0 aliphatic heterocycles. The Morgan fingerprint density at radius 2 is 1.94 bits per heavy atom. The molecule has 1 aromatic heterocycles. The summed E-state index contributed by atoms with van der Waals surface area (Å²) in [6.07, 6.45) is 9.43. The highest BCUT2D eigenvalue weighted by atomic mass is 16.5. The van der Waals surface area contributed by atoms with E-state index >= 15 is 0 Å². The zero-order chi connectivity index (χ0) is 12.4. The largest absolute Gasteiger partial charge is 0.368 e. The quantitative estimate of drug-likeness (QED) is 0.888. The first kappa shape index (κ1) is 12.1. The topological polar surface area (TPSA) is 74.2 Å². The Kier molecular flexibility index (Phi) is 3.35. The minimum absolute atomic E-state index is 0.366. The van der Waals surface area contributed by atoms with E-state index in [0.717, 1.165) is 38.5 Å². The van der Waals surface area contributed by atoms with Crippen molar-refractivity contribution in [3.8, 4) is 0 Å². The summed E-state index contributed by atoms with van der Waals surface area (Å²) in [6.45, 7) is 0.424. The number of hydrogen-bond donors (Lipinski definition) is 1. The first-order valence-electron chi connectivity index (χ1n) is 7.00. The maximum absolute atomic E-state index is 6.29. The van der Waals surface area contributed by atoms with Gasteiger partial charge in [-0.2, -0.15) is 4.98 Å². The number of ether oxygens (including phenoxy) is 1. The molecule has 3 rings (SSSR count). The van der Waals surface area contributed by atoms with Crippen LogP contribution in [-0.4, -0.2) is 16.2 Å². The lowest BCUT2D eigenvalue weighted by atomic mass is 9.99. The molecule has 5 heteroatoms. The molecule has 5 nitrogen and oxygen atoms in total. The van der Waals surface area contributed by atoms with Crippen molar-refractivity contribution in [2.24, 2.45) is 5.73 Å². The van der Waals surface area contributed by atoms with Crippen LogP contribution in [0.4, 0.5) is 0 Å². The van der Waals surface area contributed by atoms with Gasteiger partial charge in [-0.25, -0.2) is 0 Å². The van der Waals surface area contributed by atoms with Gasteiger partial charge in [-0.05, 0) is 25.7 Å². The molecule has 18 heavy (non-hydrogen) atoms. The van der Waals surface area contributed by atoms with E-state index < -0.39 is 0 Å². The van der Waals surface area contributed by atoms with E-state index in [4.69, 9.17) is 15.0 Å². The zero-order valence-corrected chi connectivity index (χ0v) is 10.7. The molecule has 100 valence electrons. The minimum atomic E-state index is -0.366. The fraction of sp³-hybridized carbons (Fsp3) is 0.846. The molecule has 0 amide bonds. The average molecular weight is 251 g/mol. The molecule has 0 radical (unpaired) electrons. The maximum atomic E-state index is 6.29. The first-order chi connectivity index (χ1) is 8.76. The standard InChI is InChI=1S/C13H21N3O2/c14-13(7-3-4-8-13)12-15-11(18-16-12)9-17-10-5-1-2-6-10/h10H,1-9,14H2. The van der Waals surface area contributed by atoms with Gasteiger partial charge in [-0.3, -0.25) is 0 Å². The smallest absolute Gasteiger partial charge is 0.252 e. The maximum Gasteiger partial charge on any atom is 0.252 e. The minimum Gasteiger partial charge on any atom is -0.368 e. The van der Waals surface area contributed by atoms with Gasteiger partial charge in [0.1, 0.15) is 6.61 Å². The van der Waals surface area contributed by atoms with E-state index in [1.165, 1.54) is 12.8 Å². The molecule has 0 atom stereocenters. The Bertz CT molecular complexity index is 393. The van der Waals surface area contributed by atoms with E-state index in [9.17, 15) is 0 Å². The van der Waals surface area contributed by atoms with Crippen molar-refractivity contribution in [3.63, 3.8) is 0 Å². The molecule has 2 fully saturated rings. The lowest BCUT2D eigenvalue weighted by Gasteiger charge is -2.17. The summed E-state index contributed by atoms with van der Waals surface area (Å²) in [5.74, 6) is 1.22. The van der Waals surface area contributed by atoms with Crippen LogP contribution in [0.1, 0.15) is 63.1 Å². The number of aromatic nitrogens is 2. The van der Waals surface area contributed by atoms with Crippen molar-refractivity contribution in [3.05, 3.63) is 11.7 Å². The van der Waals surface area contributed by atoms with Crippen molar-refractivity contribution in [1.29, 1.82) is 0 Å². The molecule has 1 aromatic rings. The van der Waals surface area contributed by atoms with Crippen LogP contribution >= 0.6 is 0 Å². The lowest BCUT2D eigenvalue weighted by molar-refractivity contribution is 0.0305. The second-order valence-electron chi connectivity index (χ2n) is 5.59. The molecular weight excluding hydrogens is 230 g/mol. The van der Waals surface area contributed by atoms with Gasteiger partial charge in [0.25, 0.3) is 5.89 Å². The lowest BCUT2D eigenvalue weighted by Crippen LogP contribution is -2.34. The number of nitrogens with zero attached hydrogens (tertiary/aromatic N) is 2. The first-order valence-corrected chi connectivity index (χ1v) is 7.00. The summed E-state index contributed by atoms with van der Waals surface area (Å²) in [5, 5.41) is 4.02. The van der Waals surface area contributed by atoms with E-state index in [2.05, 4.69) is 10.1 Å². The molecule has 0 spiro atoms. The zero-order valence-electron chi connectivity index (χ0n) is 10.7. The Morgan fingerprint density at radius 1 is 1.22 bits per heavy atom. The van der Waals surface area contributed by atoms with Crippen molar-refractivity contribution in [2.45, 2.75) is 69.6 Å². The molecule has 2 aliphatic carbocycles. The molecule has 2 aliphatic rings. The molecule has 0 saturated heterocycles. The van der Waals surface area contributed by atoms with Gasteiger partial charge in [0.2, 0.25) is 0 Å². The number of hydrogen-bond acceptors (Lipinski definition) is 5. The summed E-state index contributed by atoms with van der Waals surface area (Å²) in [5.41, 5.74) is 5.92.